The molecular formula is C15H24N2. The van der Waals surface area contributed by atoms with Gasteiger partial charge in [-0.1, -0.05) is 26.0 Å². The molecule has 2 heteroatoms. The number of anilines is 1. The van der Waals surface area contributed by atoms with Gasteiger partial charge in [-0.2, -0.15) is 0 Å². The third kappa shape index (κ3) is 2.81. The predicted molar refractivity (Wildman–Crippen MR) is 74.0 cm³/mol. The van der Waals surface area contributed by atoms with E-state index in [9.17, 15) is 0 Å². The Morgan fingerprint density at radius 1 is 1.24 bits per heavy atom. The minimum atomic E-state index is 0.621. The van der Waals surface area contributed by atoms with E-state index < -0.39 is 0 Å². The Hall–Kier alpha value is -1.02. The number of nitrogens with two attached hydrogens (primary N) is 1. The van der Waals surface area contributed by atoms with E-state index in [0.29, 0.717) is 5.41 Å². The van der Waals surface area contributed by atoms with Crippen LogP contribution in [0.25, 0.3) is 0 Å². The molecule has 1 aliphatic heterocycles. The molecule has 1 fully saturated rings. The van der Waals surface area contributed by atoms with E-state index in [1.807, 2.05) is 12.1 Å². The van der Waals surface area contributed by atoms with E-state index in [4.69, 9.17) is 5.73 Å². The fourth-order valence-electron chi connectivity index (χ4n) is 2.79. The van der Waals surface area contributed by atoms with Crippen molar-refractivity contribution in [3.05, 3.63) is 29.8 Å². The van der Waals surface area contributed by atoms with E-state index >= 15 is 0 Å². The number of benzene rings is 1. The Labute approximate surface area is 105 Å². The fraction of sp³-hybridized carbons (Fsp3) is 0.600. The SMILES string of the molecule is CCC1(CC)CN(CCc2cccc(N)c2)C1. The van der Waals surface area contributed by atoms with Crippen molar-refractivity contribution in [2.75, 3.05) is 25.4 Å². The minimum absolute atomic E-state index is 0.621. The zero-order valence-corrected chi connectivity index (χ0v) is 11.1. The van der Waals surface area contributed by atoms with Crippen LogP contribution < -0.4 is 5.73 Å². The summed E-state index contributed by atoms with van der Waals surface area (Å²) in [6.07, 6.45) is 3.76. The molecular weight excluding hydrogens is 208 g/mol. The standard InChI is InChI=1S/C15H24N2/c1-3-15(4-2)11-17(12-15)9-8-13-6-5-7-14(16)10-13/h5-7,10H,3-4,8-9,11-12,16H2,1-2H3. The number of nitrogen functional groups attached to an aromatic ring is 1. The summed E-state index contributed by atoms with van der Waals surface area (Å²) in [5.74, 6) is 0. The predicted octanol–water partition coefficient (Wildman–Crippen LogP) is 2.93. The molecule has 0 amide bonds. The van der Waals surface area contributed by atoms with Gasteiger partial charge >= 0.3 is 0 Å². The van der Waals surface area contributed by atoms with Crippen LogP contribution in [0.15, 0.2) is 24.3 Å². The summed E-state index contributed by atoms with van der Waals surface area (Å²) in [7, 11) is 0. The van der Waals surface area contributed by atoms with Crippen LogP contribution in [0.2, 0.25) is 0 Å². The number of hydrogen-bond acceptors (Lipinski definition) is 2. The normalized spacial score (nSPS) is 18.9. The Morgan fingerprint density at radius 2 is 1.94 bits per heavy atom. The van der Waals surface area contributed by atoms with Gasteiger partial charge < -0.3 is 10.6 Å². The summed E-state index contributed by atoms with van der Waals surface area (Å²) < 4.78 is 0. The van der Waals surface area contributed by atoms with Crippen LogP contribution >= 0.6 is 0 Å². The molecule has 1 aliphatic rings. The van der Waals surface area contributed by atoms with Gasteiger partial charge in [-0.15, -0.1) is 0 Å². The molecule has 0 radical (unpaired) electrons. The smallest absolute Gasteiger partial charge is 0.0316 e. The van der Waals surface area contributed by atoms with Crippen molar-refractivity contribution >= 4 is 5.69 Å². The molecule has 2 rings (SSSR count). The lowest BCUT2D eigenvalue weighted by Gasteiger charge is -2.50. The molecule has 0 aromatic heterocycles. The zero-order chi connectivity index (χ0) is 12.3. The highest BCUT2D eigenvalue weighted by Gasteiger charge is 2.38. The average molecular weight is 232 g/mol. The van der Waals surface area contributed by atoms with E-state index in [1.165, 1.54) is 38.0 Å². The van der Waals surface area contributed by atoms with E-state index in [1.54, 1.807) is 0 Å². The van der Waals surface area contributed by atoms with Gasteiger partial charge in [0.2, 0.25) is 0 Å². The van der Waals surface area contributed by atoms with Crippen LogP contribution in [0.4, 0.5) is 5.69 Å². The summed E-state index contributed by atoms with van der Waals surface area (Å²) in [5, 5.41) is 0. The highest BCUT2D eigenvalue weighted by atomic mass is 15.2. The highest BCUT2D eigenvalue weighted by Crippen LogP contribution is 2.36. The molecule has 17 heavy (non-hydrogen) atoms. The van der Waals surface area contributed by atoms with Gasteiger partial charge in [-0.05, 0) is 42.4 Å². The molecule has 0 aliphatic carbocycles. The summed E-state index contributed by atoms with van der Waals surface area (Å²) in [6.45, 7) is 8.37. The van der Waals surface area contributed by atoms with E-state index in [-0.39, 0.29) is 0 Å². The average Bonchev–Trinajstić information content (AvgIpc) is 2.28. The molecule has 94 valence electrons. The Bertz CT molecular complexity index is 361. The van der Waals surface area contributed by atoms with Crippen LogP contribution in [0.1, 0.15) is 32.3 Å². The van der Waals surface area contributed by atoms with Crippen LogP contribution in [0, 0.1) is 5.41 Å². The first-order valence-corrected chi connectivity index (χ1v) is 6.74. The summed E-state index contributed by atoms with van der Waals surface area (Å²) in [5.41, 5.74) is 8.64. The Balaban J connectivity index is 1.78. The first-order valence-electron chi connectivity index (χ1n) is 6.74. The van der Waals surface area contributed by atoms with Gasteiger partial charge in [0, 0.05) is 25.3 Å². The molecule has 0 saturated carbocycles. The second-order valence-corrected chi connectivity index (χ2v) is 5.41. The Morgan fingerprint density at radius 3 is 2.53 bits per heavy atom. The minimum Gasteiger partial charge on any atom is -0.399 e. The fourth-order valence-corrected chi connectivity index (χ4v) is 2.79. The van der Waals surface area contributed by atoms with Gasteiger partial charge in [-0.25, -0.2) is 0 Å². The molecule has 0 bridgehead atoms. The lowest BCUT2D eigenvalue weighted by atomic mass is 9.75. The molecule has 2 N–H and O–H groups in total. The van der Waals surface area contributed by atoms with Gasteiger partial charge in [0.15, 0.2) is 0 Å². The van der Waals surface area contributed by atoms with E-state index in [0.717, 1.165) is 12.1 Å². The van der Waals surface area contributed by atoms with Crippen LogP contribution in [0.3, 0.4) is 0 Å². The summed E-state index contributed by atoms with van der Waals surface area (Å²) in [6, 6.07) is 8.26. The maximum absolute atomic E-state index is 5.78. The molecule has 1 aromatic carbocycles. The van der Waals surface area contributed by atoms with Crippen molar-refractivity contribution in [3.63, 3.8) is 0 Å². The maximum atomic E-state index is 5.78. The quantitative estimate of drug-likeness (QED) is 0.791. The van der Waals surface area contributed by atoms with Gasteiger partial charge in [-0.3, -0.25) is 0 Å². The van der Waals surface area contributed by atoms with Gasteiger partial charge in [0.1, 0.15) is 0 Å². The first-order chi connectivity index (χ1) is 8.17. The van der Waals surface area contributed by atoms with Crippen LogP contribution in [0.5, 0.6) is 0 Å². The van der Waals surface area contributed by atoms with Crippen molar-refractivity contribution in [2.45, 2.75) is 33.1 Å². The van der Waals surface area contributed by atoms with Crippen molar-refractivity contribution < 1.29 is 0 Å². The van der Waals surface area contributed by atoms with Crippen LogP contribution in [-0.4, -0.2) is 24.5 Å². The maximum Gasteiger partial charge on any atom is 0.0316 e. The van der Waals surface area contributed by atoms with Crippen molar-refractivity contribution in [1.29, 1.82) is 0 Å². The Kier molecular flexibility index (Phi) is 3.72. The number of likely N-dealkylation sites (tertiary alicyclic amines) is 1. The van der Waals surface area contributed by atoms with Crippen molar-refractivity contribution in [3.8, 4) is 0 Å². The molecule has 1 heterocycles. The molecule has 2 nitrogen and oxygen atoms in total. The highest BCUT2D eigenvalue weighted by molar-refractivity contribution is 5.40. The zero-order valence-electron chi connectivity index (χ0n) is 11.1. The van der Waals surface area contributed by atoms with Gasteiger partial charge in [0.25, 0.3) is 0 Å². The lowest BCUT2D eigenvalue weighted by molar-refractivity contribution is -0.00477. The molecule has 1 aromatic rings. The first kappa shape index (κ1) is 12.4. The van der Waals surface area contributed by atoms with Crippen molar-refractivity contribution in [1.82, 2.24) is 4.90 Å². The monoisotopic (exact) mass is 232 g/mol. The second kappa shape index (κ2) is 5.09. The number of nitrogens with zero attached hydrogens (tertiary/aromatic N) is 1. The largest absolute Gasteiger partial charge is 0.399 e. The summed E-state index contributed by atoms with van der Waals surface area (Å²) >= 11 is 0. The number of rotatable bonds is 5. The van der Waals surface area contributed by atoms with Gasteiger partial charge in [0.05, 0.1) is 0 Å². The van der Waals surface area contributed by atoms with E-state index in [2.05, 4.69) is 30.9 Å². The van der Waals surface area contributed by atoms with Crippen molar-refractivity contribution in [2.24, 2.45) is 5.41 Å². The topological polar surface area (TPSA) is 29.3 Å². The number of hydrogen-bond donors (Lipinski definition) is 1. The third-order valence-electron chi connectivity index (χ3n) is 4.29. The second-order valence-electron chi connectivity index (χ2n) is 5.41. The summed E-state index contributed by atoms with van der Waals surface area (Å²) in [4.78, 5) is 2.57. The third-order valence-corrected chi connectivity index (χ3v) is 4.29. The molecule has 1 saturated heterocycles. The van der Waals surface area contributed by atoms with Crippen LogP contribution in [-0.2, 0) is 6.42 Å². The molecule has 0 atom stereocenters. The molecule has 0 unspecified atom stereocenters. The molecule has 0 spiro atoms. The lowest BCUT2D eigenvalue weighted by Crippen LogP contribution is -2.56.